The molecule has 1 atom stereocenters. The molecule has 0 aromatic rings. The third-order valence-electron chi connectivity index (χ3n) is 0.391. The van der Waals surface area contributed by atoms with E-state index in [2.05, 4.69) is 11.3 Å². The van der Waals surface area contributed by atoms with E-state index in [0.717, 1.165) is 6.08 Å². The number of alkyl halides is 1. The van der Waals surface area contributed by atoms with E-state index >= 15 is 0 Å². The first-order valence-electron chi connectivity index (χ1n) is 1.79. The number of hydrogen-bond acceptors (Lipinski definition) is 2. The molecule has 2 nitrogen and oxygen atoms in total. The van der Waals surface area contributed by atoms with Gasteiger partial charge >= 0.3 is 6.22 Å². The van der Waals surface area contributed by atoms with E-state index in [0.29, 0.717) is 0 Å². The first-order chi connectivity index (χ1) is 3.66. The minimum Gasteiger partial charge on any atom is -0.417 e. The Balaban J connectivity index is 3.38. The van der Waals surface area contributed by atoms with Crippen LogP contribution in [0.25, 0.3) is 0 Å². The van der Waals surface area contributed by atoms with Crippen LogP contribution >= 0.6 is 11.6 Å². The van der Waals surface area contributed by atoms with Gasteiger partial charge in [-0.25, -0.2) is 4.79 Å². The molecule has 0 bridgehead atoms. The molecule has 0 radical (unpaired) electrons. The summed E-state index contributed by atoms with van der Waals surface area (Å²) in [7, 11) is 0. The quantitative estimate of drug-likeness (QED) is 0.331. The molecule has 1 unspecified atom stereocenters. The first-order valence-corrected chi connectivity index (χ1v) is 2.23. The molecule has 0 aliphatic rings. The third kappa shape index (κ3) is 3.61. The summed E-state index contributed by atoms with van der Waals surface area (Å²) in [4.78, 5) is 9.39. The lowest BCUT2D eigenvalue weighted by molar-refractivity contribution is 0.121. The zero-order valence-electron chi connectivity index (χ0n) is 3.93. The van der Waals surface area contributed by atoms with Crippen molar-refractivity contribution in [2.75, 3.05) is 0 Å². The van der Waals surface area contributed by atoms with Crippen molar-refractivity contribution in [3.05, 3.63) is 12.7 Å². The van der Waals surface area contributed by atoms with Gasteiger partial charge < -0.3 is 4.74 Å². The average Bonchev–Trinajstić information content (AvgIpc) is 1.65. The van der Waals surface area contributed by atoms with Gasteiger partial charge in [-0.05, 0) is 6.08 Å². The molecule has 0 heterocycles. The molecule has 46 valence electrons. The molecular formula is C4H4ClFO2. The molecule has 0 spiro atoms. The SMILES string of the molecule is C=CC(Cl)OC(=O)F. The van der Waals surface area contributed by atoms with Gasteiger partial charge in [0.15, 0.2) is 5.56 Å². The van der Waals surface area contributed by atoms with Crippen molar-refractivity contribution < 1.29 is 13.9 Å². The van der Waals surface area contributed by atoms with E-state index < -0.39 is 11.8 Å². The van der Waals surface area contributed by atoms with Crippen LogP contribution in [0.2, 0.25) is 0 Å². The Morgan fingerprint density at radius 2 is 2.50 bits per heavy atom. The van der Waals surface area contributed by atoms with Gasteiger partial charge in [0.25, 0.3) is 0 Å². The lowest BCUT2D eigenvalue weighted by Gasteiger charge is -1.97. The molecule has 0 aliphatic carbocycles. The lowest BCUT2D eigenvalue weighted by Crippen LogP contribution is -2.02. The van der Waals surface area contributed by atoms with E-state index in [1.165, 1.54) is 0 Å². The van der Waals surface area contributed by atoms with Gasteiger partial charge in [-0.2, -0.15) is 0 Å². The van der Waals surface area contributed by atoms with Crippen molar-refractivity contribution in [1.29, 1.82) is 0 Å². The fourth-order valence-corrected chi connectivity index (χ4v) is 0.207. The van der Waals surface area contributed by atoms with E-state index in [1.54, 1.807) is 0 Å². The maximum absolute atomic E-state index is 11.1. The number of halogens is 2. The van der Waals surface area contributed by atoms with E-state index in [1.807, 2.05) is 0 Å². The summed E-state index contributed by atoms with van der Waals surface area (Å²) in [6.45, 7) is 3.14. The van der Waals surface area contributed by atoms with Crippen LogP contribution in [0.5, 0.6) is 0 Å². The Kier molecular flexibility index (Phi) is 3.19. The molecule has 0 fully saturated rings. The highest BCUT2D eigenvalue weighted by Gasteiger charge is 2.03. The Morgan fingerprint density at radius 3 is 2.62 bits per heavy atom. The number of rotatable bonds is 2. The van der Waals surface area contributed by atoms with Crippen LogP contribution in [0, 0.1) is 0 Å². The second kappa shape index (κ2) is 3.43. The smallest absolute Gasteiger partial charge is 0.417 e. The predicted molar refractivity (Wildman–Crippen MR) is 27.4 cm³/mol. The van der Waals surface area contributed by atoms with Crippen molar-refractivity contribution in [3.63, 3.8) is 0 Å². The summed E-state index contributed by atoms with van der Waals surface area (Å²) in [5, 5.41) is 0. The largest absolute Gasteiger partial charge is 0.497 e. The maximum Gasteiger partial charge on any atom is 0.497 e. The molecular weight excluding hydrogens is 134 g/mol. The fraction of sp³-hybridized carbons (Fsp3) is 0.250. The van der Waals surface area contributed by atoms with Crippen LogP contribution in [0.15, 0.2) is 12.7 Å². The Hall–Kier alpha value is -0.570. The minimum absolute atomic E-state index is 1.06. The van der Waals surface area contributed by atoms with Crippen molar-refractivity contribution in [2.45, 2.75) is 5.56 Å². The van der Waals surface area contributed by atoms with Crippen LogP contribution < -0.4 is 0 Å². The van der Waals surface area contributed by atoms with Gasteiger partial charge in [0.05, 0.1) is 0 Å². The van der Waals surface area contributed by atoms with E-state index in [4.69, 9.17) is 11.6 Å². The lowest BCUT2D eigenvalue weighted by atomic mass is 10.7. The third-order valence-corrected chi connectivity index (χ3v) is 0.658. The Morgan fingerprint density at radius 1 is 2.00 bits per heavy atom. The Bertz CT molecular complexity index is 104. The molecule has 8 heavy (non-hydrogen) atoms. The Labute approximate surface area is 50.9 Å². The normalized spacial score (nSPS) is 12.2. The first kappa shape index (κ1) is 7.43. The van der Waals surface area contributed by atoms with Crippen molar-refractivity contribution >= 4 is 17.8 Å². The molecule has 0 aromatic heterocycles. The van der Waals surface area contributed by atoms with Gasteiger partial charge in [0, 0.05) is 0 Å². The average molecular weight is 139 g/mol. The molecule has 0 aromatic carbocycles. The number of carbonyl (C=O) groups excluding carboxylic acids is 1. The summed E-state index contributed by atoms with van der Waals surface area (Å²) < 4.78 is 14.9. The van der Waals surface area contributed by atoms with E-state index in [9.17, 15) is 9.18 Å². The number of hydrogen-bond donors (Lipinski definition) is 0. The molecule has 0 saturated carbocycles. The van der Waals surface area contributed by atoms with Crippen LogP contribution in [-0.4, -0.2) is 11.8 Å². The van der Waals surface area contributed by atoms with Crippen LogP contribution in [0.3, 0.4) is 0 Å². The van der Waals surface area contributed by atoms with Crippen molar-refractivity contribution in [2.24, 2.45) is 0 Å². The molecule has 0 amide bonds. The van der Waals surface area contributed by atoms with Crippen molar-refractivity contribution in [1.82, 2.24) is 0 Å². The molecule has 0 N–H and O–H groups in total. The van der Waals surface area contributed by atoms with Gasteiger partial charge in [-0.15, -0.1) is 4.39 Å². The molecule has 0 saturated heterocycles. The predicted octanol–water partition coefficient (Wildman–Crippen LogP) is 1.84. The van der Waals surface area contributed by atoms with Crippen LogP contribution in [0.4, 0.5) is 9.18 Å². The zero-order chi connectivity index (χ0) is 6.57. The fourth-order valence-electron chi connectivity index (χ4n) is 0.137. The van der Waals surface area contributed by atoms with Crippen molar-refractivity contribution in [3.8, 4) is 0 Å². The highest BCUT2D eigenvalue weighted by molar-refractivity contribution is 6.21. The summed E-state index contributed by atoms with van der Waals surface area (Å²) in [6, 6.07) is 0. The summed E-state index contributed by atoms with van der Waals surface area (Å²) in [5.74, 6) is 0. The van der Waals surface area contributed by atoms with Gasteiger partial charge in [-0.3, -0.25) is 0 Å². The number of carbonyl (C=O) groups is 1. The van der Waals surface area contributed by atoms with Gasteiger partial charge in [0.1, 0.15) is 0 Å². The summed E-state index contributed by atoms with van der Waals surface area (Å²) >= 11 is 5.06. The molecule has 0 aliphatic heterocycles. The van der Waals surface area contributed by atoms with Gasteiger partial charge in [-0.1, -0.05) is 18.2 Å². The van der Waals surface area contributed by atoms with E-state index in [-0.39, 0.29) is 0 Å². The van der Waals surface area contributed by atoms with Crippen LogP contribution in [-0.2, 0) is 4.74 Å². The highest BCUT2D eigenvalue weighted by atomic mass is 35.5. The standard InChI is InChI=1S/C4H4ClFO2/c1-2-3(5)8-4(6)7/h2-3H,1H2. The highest BCUT2D eigenvalue weighted by Crippen LogP contribution is 1.99. The van der Waals surface area contributed by atoms with Crippen LogP contribution in [0.1, 0.15) is 0 Å². The topological polar surface area (TPSA) is 26.3 Å². The maximum atomic E-state index is 11.1. The zero-order valence-corrected chi connectivity index (χ0v) is 4.69. The monoisotopic (exact) mass is 138 g/mol. The molecule has 0 rings (SSSR count). The van der Waals surface area contributed by atoms with Gasteiger partial charge in [0.2, 0.25) is 0 Å². The second-order valence-electron chi connectivity index (χ2n) is 0.942. The number of ether oxygens (including phenoxy) is 1. The summed E-state index contributed by atoms with van der Waals surface area (Å²) in [6.07, 6.45) is -0.802. The minimum atomic E-state index is -1.90. The summed E-state index contributed by atoms with van der Waals surface area (Å²) in [5.41, 5.74) is -1.06. The molecule has 4 heteroatoms. The second-order valence-corrected chi connectivity index (χ2v) is 1.37.